The van der Waals surface area contributed by atoms with Gasteiger partial charge in [-0.15, -0.1) is 0 Å². The van der Waals surface area contributed by atoms with E-state index < -0.39 is 5.97 Å². The number of rotatable bonds is 20. The predicted octanol–water partition coefficient (Wildman–Crippen LogP) is 6.92. The average Bonchev–Trinajstić information content (AvgIpc) is 4.09. The monoisotopic (exact) mass is 682 g/mol. The van der Waals surface area contributed by atoms with Gasteiger partial charge in [-0.05, 0) is 88.5 Å². The van der Waals surface area contributed by atoms with Crippen molar-refractivity contribution in [3.8, 4) is 34.1 Å². The van der Waals surface area contributed by atoms with Gasteiger partial charge in [0, 0.05) is 32.0 Å². The summed E-state index contributed by atoms with van der Waals surface area (Å²) in [5.74, 6) is 2.27. The first-order valence-corrected chi connectivity index (χ1v) is 17.2. The molecule has 2 fully saturated rings. The molecule has 2 heterocycles. The average molecular weight is 683 g/mol. The van der Waals surface area contributed by atoms with Gasteiger partial charge in [0.2, 0.25) is 0 Å². The van der Waals surface area contributed by atoms with Crippen molar-refractivity contribution < 1.29 is 47.7 Å². The van der Waals surface area contributed by atoms with Crippen molar-refractivity contribution >= 4 is 5.97 Å². The van der Waals surface area contributed by atoms with Crippen molar-refractivity contribution in [2.45, 2.75) is 44.5 Å². The third kappa shape index (κ3) is 9.41. The largest absolute Gasteiger partial charge is 0.494 e. The van der Waals surface area contributed by atoms with Crippen molar-refractivity contribution in [2.24, 2.45) is 0 Å². The summed E-state index contributed by atoms with van der Waals surface area (Å²) in [6.45, 7) is 7.75. The Bertz CT molecular complexity index is 1710. The van der Waals surface area contributed by atoms with Crippen molar-refractivity contribution in [3.05, 3.63) is 107 Å². The van der Waals surface area contributed by atoms with E-state index in [9.17, 15) is 4.79 Å². The minimum absolute atomic E-state index is 0.0809. The van der Waals surface area contributed by atoms with Gasteiger partial charge in [-0.1, -0.05) is 31.2 Å². The van der Waals surface area contributed by atoms with Crippen LogP contribution in [0.1, 0.15) is 52.7 Å². The number of carbonyl (C=O) groups excluding carboxylic acids is 1. The second-order valence-electron chi connectivity index (χ2n) is 12.6. The van der Waals surface area contributed by atoms with Crippen LogP contribution in [0.4, 0.5) is 0 Å². The molecule has 3 unspecified atom stereocenters. The fourth-order valence-corrected chi connectivity index (χ4v) is 5.73. The predicted molar refractivity (Wildman–Crippen MR) is 184 cm³/mol. The zero-order valence-electron chi connectivity index (χ0n) is 28.2. The molecule has 50 heavy (non-hydrogen) atoms. The van der Waals surface area contributed by atoms with E-state index in [1.807, 2.05) is 60.7 Å². The fourth-order valence-electron chi connectivity index (χ4n) is 5.73. The highest BCUT2D eigenvalue weighted by Gasteiger charge is 2.27. The smallest absolute Gasteiger partial charge is 0.343 e. The highest BCUT2D eigenvalue weighted by Crippen LogP contribution is 2.47. The Kier molecular flexibility index (Phi) is 11.2. The maximum Gasteiger partial charge on any atom is 0.343 e. The van der Waals surface area contributed by atoms with Gasteiger partial charge < -0.3 is 38.0 Å². The third-order valence-corrected chi connectivity index (χ3v) is 8.69. The summed E-state index contributed by atoms with van der Waals surface area (Å²) in [4.78, 5) is 24.2. The van der Waals surface area contributed by atoms with Crippen LogP contribution in [0.2, 0.25) is 0 Å². The Morgan fingerprint density at radius 2 is 1.18 bits per heavy atom. The van der Waals surface area contributed by atoms with E-state index in [-0.39, 0.29) is 12.0 Å². The van der Waals surface area contributed by atoms with E-state index in [4.69, 9.17) is 42.9 Å². The van der Waals surface area contributed by atoms with Crippen LogP contribution in [0, 0.1) is 0 Å². The Hall–Kier alpha value is -4.45. The molecule has 262 valence electrons. The molecular formula is C40H42O10. The van der Waals surface area contributed by atoms with E-state index in [0.717, 1.165) is 59.6 Å². The van der Waals surface area contributed by atoms with Gasteiger partial charge in [-0.25, -0.2) is 4.79 Å². The summed E-state index contributed by atoms with van der Waals surface area (Å²) in [5, 5.41) is 0. The van der Waals surface area contributed by atoms with Gasteiger partial charge in [0.1, 0.15) is 36.1 Å². The Labute approximate surface area is 292 Å². The van der Waals surface area contributed by atoms with Crippen molar-refractivity contribution in [3.63, 3.8) is 0 Å². The second-order valence-corrected chi connectivity index (χ2v) is 12.6. The van der Waals surface area contributed by atoms with E-state index in [1.54, 1.807) is 24.3 Å². The lowest BCUT2D eigenvalue weighted by Crippen LogP contribution is -2.09. The first kappa shape index (κ1) is 34.0. The van der Waals surface area contributed by atoms with Gasteiger partial charge in [0.05, 0.1) is 45.2 Å². The standard InChI is InChI=1S/C40H42O10/c1-27-38-20-32(49-40(41)29-6-10-31(11-7-29)45-19-3-17-43-24-35-26-47-35)12-14-36(38)37-15-13-33(21-39(27)37)50-48-22-28-4-8-30(9-5-28)44-18-2-16-42-23-34-25-46-34/h4-15,20-21,27,34-35H,2-3,16-19,22-26H2,1H3. The SMILES string of the molecule is CC1c2cc(OOCc3ccc(OCCCOCC4CO4)cc3)ccc2-c2ccc(OC(=O)c3ccc(OCCCOCC4CO4)cc3)cc21. The molecule has 0 radical (unpaired) electrons. The first-order chi connectivity index (χ1) is 24.6. The number of hydrogen-bond donors (Lipinski definition) is 0. The molecule has 3 aliphatic rings. The molecule has 0 saturated carbocycles. The second kappa shape index (κ2) is 16.5. The minimum atomic E-state index is -0.425. The van der Waals surface area contributed by atoms with E-state index in [1.165, 1.54) is 0 Å². The molecule has 4 aromatic rings. The number of fused-ring (bicyclic) bond motifs is 3. The van der Waals surface area contributed by atoms with Gasteiger partial charge in [0.15, 0.2) is 5.75 Å². The molecule has 1 aliphatic carbocycles. The zero-order chi connectivity index (χ0) is 34.1. The van der Waals surface area contributed by atoms with Crippen molar-refractivity contribution in [1.29, 1.82) is 0 Å². The van der Waals surface area contributed by atoms with Crippen LogP contribution in [0.3, 0.4) is 0 Å². The van der Waals surface area contributed by atoms with E-state index in [2.05, 4.69) is 6.92 Å². The van der Waals surface area contributed by atoms with Crippen LogP contribution in [-0.4, -0.2) is 71.0 Å². The van der Waals surface area contributed by atoms with Crippen LogP contribution < -0.4 is 19.1 Å². The summed E-state index contributed by atoms with van der Waals surface area (Å²) < 4.78 is 38.6. The Morgan fingerprint density at radius 3 is 1.76 bits per heavy atom. The van der Waals surface area contributed by atoms with Gasteiger partial charge in [0.25, 0.3) is 0 Å². The Balaban J connectivity index is 0.847. The normalized spacial score (nSPS) is 18.2. The van der Waals surface area contributed by atoms with Crippen LogP contribution >= 0.6 is 0 Å². The lowest BCUT2D eigenvalue weighted by molar-refractivity contribution is -0.217. The van der Waals surface area contributed by atoms with Crippen LogP contribution in [-0.2, 0) is 30.4 Å². The third-order valence-electron chi connectivity index (χ3n) is 8.69. The number of esters is 1. The molecule has 7 rings (SSSR count). The van der Waals surface area contributed by atoms with Crippen LogP contribution in [0.15, 0.2) is 84.9 Å². The van der Waals surface area contributed by atoms with E-state index >= 15 is 0 Å². The molecule has 4 aromatic carbocycles. The van der Waals surface area contributed by atoms with Crippen LogP contribution in [0.5, 0.6) is 23.0 Å². The van der Waals surface area contributed by atoms with Crippen molar-refractivity contribution in [1.82, 2.24) is 0 Å². The lowest BCUT2D eigenvalue weighted by atomic mass is 9.99. The van der Waals surface area contributed by atoms with Gasteiger partial charge >= 0.3 is 5.97 Å². The number of ether oxygens (including phenoxy) is 7. The molecular weight excluding hydrogens is 640 g/mol. The summed E-state index contributed by atoms with van der Waals surface area (Å²) in [5.41, 5.74) is 5.85. The Morgan fingerprint density at radius 1 is 0.660 bits per heavy atom. The molecule has 0 amide bonds. The maximum absolute atomic E-state index is 12.9. The minimum Gasteiger partial charge on any atom is -0.494 e. The summed E-state index contributed by atoms with van der Waals surface area (Å²) in [6, 6.07) is 26.5. The topological polar surface area (TPSA) is 107 Å². The molecule has 0 N–H and O–H groups in total. The first-order valence-electron chi connectivity index (χ1n) is 17.2. The zero-order valence-corrected chi connectivity index (χ0v) is 28.2. The molecule has 10 nitrogen and oxygen atoms in total. The number of benzene rings is 4. The molecule has 10 heteroatoms. The number of epoxide rings is 2. The lowest BCUT2D eigenvalue weighted by Gasteiger charge is -2.11. The number of hydrogen-bond acceptors (Lipinski definition) is 10. The molecule has 0 spiro atoms. The molecule has 0 aromatic heterocycles. The molecule has 2 aliphatic heterocycles. The molecule has 3 atom stereocenters. The number of carbonyl (C=O) groups is 1. The summed E-state index contributed by atoms with van der Waals surface area (Å²) in [6.07, 6.45) is 2.16. The fraction of sp³-hybridized carbons (Fsp3) is 0.375. The highest BCUT2D eigenvalue weighted by atomic mass is 17.2. The quantitative estimate of drug-likeness (QED) is 0.0244. The summed E-state index contributed by atoms with van der Waals surface area (Å²) >= 11 is 0. The molecule has 0 bridgehead atoms. The van der Waals surface area contributed by atoms with Gasteiger partial charge in [-0.2, -0.15) is 4.89 Å². The summed E-state index contributed by atoms with van der Waals surface area (Å²) in [7, 11) is 0. The maximum atomic E-state index is 12.9. The van der Waals surface area contributed by atoms with Crippen LogP contribution in [0.25, 0.3) is 11.1 Å². The molecule has 2 saturated heterocycles. The van der Waals surface area contributed by atoms with E-state index in [0.29, 0.717) is 75.2 Å². The van der Waals surface area contributed by atoms with Crippen molar-refractivity contribution in [2.75, 3.05) is 52.9 Å². The highest BCUT2D eigenvalue weighted by molar-refractivity contribution is 5.91. The van der Waals surface area contributed by atoms with Gasteiger partial charge in [-0.3, -0.25) is 0 Å².